The van der Waals surface area contributed by atoms with Gasteiger partial charge in [0.05, 0.1) is 17.9 Å². The van der Waals surface area contributed by atoms with E-state index in [-0.39, 0.29) is 34.5 Å². The van der Waals surface area contributed by atoms with E-state index in [0.29, 0.717) is 22.9 Å². The van der Waals surface area contributed by atoms with E-state index < -0.39 is 17.8 Å². The van der Waals surface area contributed by atoms with Crippen molar-refractivity contribution < 1.29 is 23.9 Å². The van der Waals surface area contributed by atoms with E-state index in [2.05, 4.69) is 24.5 Å². The summed E-state index contributed by atoms with van der Waals surface area (Å²) in [6.07, 6.45) is 0. The summed E-state index contributed by atoms with van der Waals surface area (Å²) in [5.74, 6) is -1.82. The smallest absolute Gasteiger partial charge is 0.338 e. The Balaban J connectivity index is 1.48. The van der Waals surface area contributed by atoms with E-state index in [1.165, 1.54) is 29.8 Å². The minimum Gasteiger partial charge on any atom is -0.462 e. The van der Waals surface area contributed by atoms with Gasteiger partial charge in [-0.25, -0.2) is 9.69 Å². The predicted molar refractivity (Wildman–Crippen MR) is 146 cm³/mol. The molecule has 0 saturated heterocycles. The third-order valence-electron chi connectivity index (χ3n) is 5.89. The van der Waals surface area contributed by atoms with E-state index in [9.17, 15) is 19.2 Å². The van der Waals surface area contributed by atoms with Crippen LogP contribution in [0.3, 0.4) is 0 Å². The van der Waals surface area contributed by atoms with E-state index in [1.54, 1.807) is 31.2 Å². The maximum absolute atomic E-state index is 13.1. The molecule has 0 bridgehead atoms. The van der Waals surface area contributed by atoms with Crippen LogP contribution >= 0.6 is 11.6 Å². The molecule has 2 N–H and O–H groups in total. The Kier molecular flexibility index (Phi) is 7.93. The van der Waals surface area contributed by atoms with Gasteiger partial charge in [-0.2, -0.15) is 0 Å². The third-order valence-corrected chi connectivity index (χ3v) is 6.24. The van der Waals surface area contributed by atoms with E-state index in [0.717, 1.165) is 4.90 Å². The van der Waals surface area contributed by atoms with Gasteiger partial charge >= 0.3 is 5.97 Å². The SMILES string of the molecule is CCOC(=O)c1ccc(N2C(=O)C(Cl)=C(Nc3cccc(C(=O)Nc4ccc(C(C)C)cc4)c3)C2=O)cc1. The van der Waals surface area contributed by atoms with Crippen LogP contribution in [0.25, 0.3) is 0 Å². The predicted octanol–water partition coefficient (Wildman–Crippen LogP) is 5.67. The maximum Gasteiger partial charge on any atom is 0.338 e. The molecule has 4 rings (SSSR count). The zero-order valence-corrected chi connectivity index (χ0v) is 21.8. The molecule has 0 fully saturated rings. The topological polar surface area (TPSA) is 105 Å². The number of amides is 3. The molecule has 194 valence electrons. The Hall–Kier alpha value is -4.43. The molecule has 0 unspecified atom stereocenters. The number of esters is 1. The quantitative estimate of drug-likeness (QED) is 0.286. The number of halogens is 1. The number of benzene rings is 3. The first-order valence-corrected chi connectivity index (χ1v) is 12.4. The van der Waals surface area contributed by atoms with Crippen LogP contribution in [0.5, 0.6) is 0 Å². The van der Waals surface area contributed by atoms with Crippen LogP contribution in [0.15, 0.2) is 83.5 Å². The van der Waals surface area contributed by atoms with E-state index >= 15 is 0 Å². The third kappa shape index (κ3) is 5.60. The van der Waals surface area contributed by atoms with Crippen LogP contribution in [-0.4, -0.2) is 30.3 Å². The van der Waals surface area contributed by atoms with Crippen molar-refractivity contribution >= 4 is 52.4 Å². The lowest BCUT2D eigenvalue weighted by molar-refractivity contribution is -0.120. The largest absolute Gasteiger partial charge is 0.462 e. The molecule has 1 heterocycles. The lowest BCUT2D eigenvalue weighted by Gasteiger charge is -2.15. The molecule has 1 aliphatic heterocycles. The highest BCUT2D eigenvalue weighted by Gasteiger charge is 2.39. The first-order valence-electron chi connectivity index (χ1n) is 12.0. The van der Waals surface area contributed by atoms with Gasteiger partial charge in [-0.3, -0.25) is 14.4 Å². The van der Waals surface area contributed by atoms with Crippen molar-refractivity contribution in [2.45, 2.75) is 26.7 Å². The first kappa shape index (κ1) is 26.6. The Morgan fingerprint density at radius 1 is 0.895 bits per heavy atom. The van der Waals surface area contributed by atoms with Gasteiger partial charge in [0, 0.05) is 16.9 Å². The van der Waals surface area contributed by atoms with Crippen molar-refractivity contribution in [2.75, 3.05) is 22.1 Å². The molecule has 0 aliphatic carbocycles. The summed E-state index contributed by atoms with van der Waals surface area (Å²) in [5, 5.41) is 5.44. The lowest BCUT2D eigenvalue weighted by Crippen LogP contribution is -2.32. The fourth-order valence-electron chi connectivity index (χ4n) is 3.84. The second kappa shape index (κ2) is 11.3. The minimum atomic E-state index is -0.707. The van der Waals surface area contributed by atoms with Crippen molar-refractivity contribution in [3.05, 3.63) is 100 Å². The van der Waals surface area contributed by atoms with Crippen molar-refractivity contribution in [3.8, 4) is 0 Å². The maximum atomic E-state index is 13.1. The number of carbonyl (C=O) groups excluding carboxylic acids is 4. The molecular formula is C29H26ClN3O5. The standard InChI is InChI=1S/C29H26ClN3O5/c1-4-38-29(37)19-10-14-23(15-11-19)33-27(35)24(30)25(28(33)36)31-22-7-5-6-20(16-22)26(34)32-21-12-8-18(9-13-21)17(2)3/h5-17,31H,4H2,1-3H3,(H,32,34). The number of ether oxygens (including phenoxy) is 1. The fraction of sp³-hybridized carbons (Fsp3) is 0.172. The number of hydrogen-bond donors (Lipinski definition) is 2. The van der Waals surface area contributed by atoms with Crippen LogP contribution in [0.2, 0.25) is 0 Å². The highest BCUT2D eigenvalue weighted by atomic mass is 35.5. The molecule has 1 aliphatic rings. The van der Waals surface area contributed by atoms with Crippen LogP contribution in [0.4, 0.5) is 17.1 Å². The van der Waals surface area contributed by atoms with Gasteiger partial charge in [0.1, 0.15) is 10.7 Å². The number of nitrogens with one attached hydrogen (secondary N) is 2. The molecule has 0 spiro atoms. The average molecular weight is 532 g/mol. The number of imide groups is 1. The van der Waals surface area contributed by atoms with Gasteiger partial charge in [-0.15, -0.1) is 0 Å². The molecule has 0 atom stereocenters. The highest BCUT2D eigenvalue weighted by Crippen LogP contribution is 2.30. The van der Waals surface area contributed by atoms with Gasteiger partial charge in [0.25, 0.3) is 17.7 Å². The summed E-state index contributed by atoms with van der Waals surface area (Å²) in [4.78, 5) is 51.5. The molecule has 3 aromatic rings. The number of hydrogen-bond acceptors (Lipinski definition) is 6. The summed E-state index contributed by atoms with van der Waals surface area (Å²) in [6, 6.07) is 20.0. The van der Waals surface area contributed by atoms with Crippen molar-refractivity contribution in [1.82, 2.24) is 0 Å². The van der Waals surface area contributed by atoms with Crippen molar-refractivity contribution in [1.29, 1.82) is 0 Å². The van der Waals surface area contributed by atoms with Crippen LogP contribution < -0.4 is 15.5 Å². The minimum absolute atomic E-state index is 0.118. The Morgan fingerprint density at radius 2 is 1.58 bits per heavy atom. The van der Waals surface area contributed by atoms with Crippen LogP contribution in [-0.2, 0) is 14.3 Å². The number of nitrogens with zero attached hydrogens (tertiary/aromatic N) is 1. The zero-order valence-electron chi connectivity index (χ0n) is 21.1. The summed E-state index contributed by atoms with van der Waals surface area (Å²) >= 11 is 6.24. The first-order chi connectivity index (χ1) is 18.2. The number of carbonyl (C=O) groups is 4. The molecule has 0 radical (unpaired) electrons. The summed E-state index contributed by atoms with van der Waals surface area (Å²) in [6.45, 7) is 6.12. The molecule has 38 heavy (non-hydrogen) atoms. The summed E-state index contributed by atoms with van der Waals surface area (Å²) in [5.41, 5.74) is 3.00. The molecule has 8 nitrogen and oxygen atoms in total. The number of rotatable bonds is 8. The van der Waals surface area contributed by atoms with Gasteiger partial charge in [0.2, 0.25) is 0 Å². The highest BCUT2D eigenvalue weighted by molar-refractivity contribution is 6.53. The normalized spacial score (nSPS) is 13.2. The van der Waals surface area contributed by atoms with Gasteiger partial charge in [0.15, 0.2) is 0 Å². The zero-order chi connectivity index (χ0) is 27.4. The fourth-order valence-corrected chi connectivity index (χ4v) is 4.06. The molecular weight excluding hydrogens is 506 g/mol. The van der Waals surface area contributed by atoms with Crippen molar-refractivity contribution in [3.63, 3.8) is 0 Å². The van der Waals surface area contributed by atoms with Gasteiger partial charge in [-0.1, -0.05) is 43.6 Å². The molecule has 3 amide bonds. The van der Waals surface area contributed by atoms with Crippen LogP contribution in [0, 0.1) is 0 Å². The summed E-state index contributed by atoms with van der Waals surface area (Å²) in [7, 11) is 0. The van der Waals surface area contributed by atoms with E-state index in [4.69, 9.17) is 16.3 Å². The average Bonchev–Trinajstić information content (AvgIpc) is 3.12. The van der Waals surface area contributed by atoms with E-state index in [1.807, 2.05) is 24.3 Å². The summed E-state index contributed by atoms with van der Waals surface area (Å²) < 4.78 is 4.95. The lowest BCUT2D eigenvalue weighted by atomic mass is 10.0. The molecule has 0 saturated carbocycles. The Morgan fingerprint density at radius 3 is 2.21 bits per heavy atom. The second-order valence-electron chi connectivity index (χ2n) is 8.84. The van der Waals surface area contributed by atoms with Gasteiger partial charge < -0.3 is 15.4 Å². The molecule has 3 aromatic carbocycles. The van der Waals surface area contributed by atoms with Crippen molar-refractivity contribution in [2.24, 2.45) is 0 Å². The monoisotopic (exact) mass is 531 g/mol. The van der Waals surface area contributed by atoms with Crippen LogP contribution in [0.1, 0.15) is 53.0 Å². The molecule has 9 heteroatoms. The number of anilines is 3. The molecule has 0 aromatic heterocycles. The second-order valence-corrected chi connectivity index (χ2v) is 9.22. The Labute approximate surface area is 225 Å². The Bertz CT molecular complexity index is 1430. The van der Waals surface area contributed by atoms with Gasteiger partial charge in [-0.05, 0) is 73.0 Å².